The van der Waals surface area contributed by atoms with Crippen molar-refractivity contribution in [1.29, 1.82) is 0 Å². The van der Waals surface area contributed by atoms with Crippen LogP contribution in [0.1, 0.15) is 22.3 Å². The van der Waals surface area contributed by atoms with E-state index in [1.807, 2.05) is 0 Å². The molecule has 0 radical (unpaired) electrons. The molecule has 1 aromatic carbocycles. The standard InChI is InChI=1S/C20H19N5O2/c1-3-14-11-21-20(22-12-14)24-17-9-10-25(13-17)19(27)15-5-7-16(8-6-15)23-18(26)4-2/h1,4-8,11-12,17H,2,9-10,13H2,(H,23,26)(H,21,22,24)/t17-/m0/s1. The summed E-state index contributed by atoms with van der Waals surface area (Å²) in [7, 11) is 0. The van der Waals surface area contributed by atoms with E-state index in [4.69, 9.17) is 6.42 Å². The van der Waals surface area contributed by atoms with Crippen LogP contribution in [0.15, 0.2) is 49.3 Å². The fourth-order valence-electron chi connectivity index (χ4n) is 2.79. The predicted octanol–water partition coefficient (Wildman–Crippen LogP) is 1.91. The molecule has 1 aromatic heterocycles. The normalized spacial score (nSPS) is 15.7. The minimum Gasteiger partial charge on any atom is -0.350 e. The van der Waals surface area contributed by atoms with Crippen molar-refractivity contribution in [3.05, 3.63) is 60.4 Å². The number of amides is 2. The van der Waals surface area contributed by atoms with Gasteiger partial charge in [0, 0.05) is 42.8 Å². The average Bonchev–Trinajstić information content (AvgIpc) is 3.17. The van der Waals surface area contributed by atoms with Crippen LogP contribution in [-0.2, 0) is 4.79 Å². The van der Waals surface area contributed by atoms with Crippen molar-refractivity contribution < 1.29 is 9.59 Å². The van der Waals surface area contributed by atoms with Crippen LogP contribution in [0.5, 0.6) is 0 Å². The first-order valence-corrected chi connectivity index (χ1v) is 8.47. The molecule has 7 heteroatoms. The lowest BCUT2D eigenvalue weighted by Gasteiger charge is -2.17. The Balaban J connectivity index is 1.57. The molecular weight excluding hydrogens is 342 g/mol. The average molecular weight is 361 g/mol. The van der Waals surface area contributed by atoms with E-state index in [0.717, 1.165) is 6.42 Å². The van der Waals surface area contributed by atoms with Gasteiger partial charge in [-0.3, -0.25) is 9.59 Å². The first-order chi connectivity index (χ1) is 13.1. The predicted molar refractivity (Wildman–Crippen MR) is 103 cm³/mol. The molecule has 0 saturated carbocycles. The maximum Gasteiger partial charge on any atom is 0.253 e. The Labute approximate surface area is 157 Å². The number of carbonyl (C=O) groups excluding carboxylic acids is 2. The van der Waals surface area contributed by atoms with Gasteiger partial charge < -0.3 is 15.5 Å². The molecular formula is C20H19N5O2. The van der Waals surface area contributed by atoms with E-state index in [1.165, 1.54) is 6.08 Å². The molecule has 3 rings (SSSR count). The van der Waals surface area contributed by atoms with Gasteiger partial charge in [0.25, 0.3) is 5.91 Å². The minimum absolute atomic E-state index is 0.0514. The number of hydrogen-bond donors (Lipinski definition) is 2. The summed E-state index contributed by atoms with van der Waals surface area (Å²) in [6, 6.07) is 6.87. The number of aromatic nitrogens is 2. The van der Waals surface area contributed by atoms with Crippen LogP contribution < -0.4 is 10.6 Å². The van der Waals surface area contributed by atoms with Crippen LogP contribution in [0, 0.1) is 12.3 Å². The van der Waals surface area contributed by atoms with E-state index in [0.29, 0.717) is 35.9 Å². The third-order valence-corrected chi connectivity index (χ3v) is 4.21. The second-order valence-electron chi connectivity index (χ2n) is 6.09. The van der Waals surface area contributed by atoms with Gasteiger partial charge in [-0.15, -0.1) is 6.42 Å². The zero-order chi connectivity index (χ0) is 19.2. The smallest absolute Gasteiger partial charge is 0.253 e. The van der Waals surface area contributed by atoms with Gasteiger partial charge in [-0.05, 0) is 36.8 Å². The molecule has 1 aliphatic rings. The quantitative estimate of drug-likeness (QED) is 0.627. The van der Waals surface area contributed by atoms with Gasteiger partial charge in [-0.1, -0.05) is 12.5 Å². The molecule has 0 unspecified atom stereocenters. The van der Waals surface area contributed by atoms with Crippen molar-refractivity contribution in [1.82, 2.24) is 14.9 Å². The van der Waals surface area contributed by atoms with Gasteiger partial charge in [0.2, 0.25) is 11.9 Å². The van der Waals surface area contributed by atoms with E-state index in [-0.39, 0.29) is 17.9 Å². The number of terminal acetylenes is 1. The number of carbonyl (C=O) groups is 2. The van der Waals surface area contributed by atoms with Crippen molar-refractivity contribution in [3.8, 4) is 12.3 Å². The van der Waals surface area contributed by atoms with E-state index in [9.17, 15) is 9.59 Å². The monoisotopic (exact) mass is 361 g/mol. The molecule has 2 amide bonds. The lowest BCUT2D eigenvalue weighted by Crippen LogP contribution is -2.31. The Bertz CT molecular complexity index is 884. The number of nitrogens with zero attached hydrogens (tertiary/aromatic N) is 3. The largest absolute Gasteiger partial charge is 0.350 e. The first-order valence-electron chi connectivity index (χ1n) is 8.47. The molecule has 2 heterocycles. The lowest BCUT2D eigenvalue weighted by molar-refractivity contribution is -0.111. The SMILES string of the molecule is C#Cc1cnc(N[C@H]2CCN(C(=O)c3ccc(NC(=O)C=C)cc3)C2)nc1. The summed E-state index contributed by atoms with van der Waals surface area (Å²) in [6.45, 7) is 4.61. The highest BCUT2D eigenvalue weighted by molar-refractivity contribution is 5.99. The summed E-state index contributed by atoms with van der Waals surface area (Å²) >= 11 is 0. The molecule has 2 aromatic rings. The van der Waals surface area contributed by atoms with Gasteiger partial charge in [0.05, 0.1) is 5.56 Å². The Hall–Kier alpha value is -3.66. The van der Waals surface area contributed by atoms with Crippen LogP contribution in [0.2, 0.25) is 0 Å². The summed E-state index contributed by atoms with van der Waals surface area (Å²) in [5, 5.41) is 5.88. The molecule has 0 bridgehead atoms. The number of hydrogen-bond acceptors (Lipinski definition) is 5. The fraction of sp³-hybridized carbons (Fsp3) is 0.200. The Morgan fingerprint density at radius 1 is 1.26 bits per heavy atom. The highest BCUT2D eigenvalue weighted by Crippen LogP contribution is 2.18. The summed E-state index contributed by atoms with van der Waals surface area (Å²) < 4.78 is 0. The number of benzene rings is 1. The highest BCUT2D eigenvalue weighted by atomic mass is 16.2. The van der Waals surface area contributed by atoms with Crippen molar-refractivity contribution >= 4 is 23.5 Å². The van der Waals surface area contributed by atoms with E-state index < -0.39 is 0 Å². The third-order valence-electron chi connectivity index (χ3n) is 4.21. The maximum absolute atomic E-state index is 12.7. The summed E-state index contributed by atoms with van der Waals surface area (Å²) in [5.41, 5.74) is 1.81. The van der Waals surface area contributed by atoms with Crippen molar-refractivity contribution in [3.63, 3.8) is 0 Å². The molecule has 2 N–H and O–H groups in total. The van der Waals surface area contributed by atoms with E-state index in [1.54, 1.807) is 41.6 Å². The van der Waals surface area contributed by atoms with Crippen molar-refractivity contribution in [2.45, 2.75) is 12.5 Å². The Morgan fingerprint density at radius 3 is 2.59 bits per heavy atom. The molecule has 0 spiro atoms. The molecule has 1 aliphatic heterocycles. The minimum atomic E-state index is -0.292. The van der Waals surface area contributed by atoms with Crippen LogP contribution in [0.3, 0.4) is 0 Å². The van der Waals surface area contributed by atoms with Crippen LogP contribution in [-0.4, -0.2) is 45.8 Å². The van der Waals surface area contributed by atoms with Crippen LogP contribution >= 0.6 is 0 Å². The summed E-state index contributed by atoms with van der Waals surface area (Å²) in [4.78, 5) is 34.1. The second kappa shape index (κ2) is 8.15. The first kappa shape index (κ1) is 18.1. The van der Waals surface area contributed by atoms with Crippen molar-refractivity contribution in [2.75, 3.05) is 23.7 Å². The molecule has 136 valence electrons. The van der Waals surface area contributed by atoms with Gasteiger partial charge >= 0.3 is 0 Å². The molecule has 1 atom stereocenters. The van der Waals surface area contributed by atoms with E-state index in [2.05, 4.69) is 33.1 Å². The van der Waals surface area contributed by atoms with Gasteiger partial charge in [-0.2, -0.15) is 0 Å². The topological polar surface area (TPSA) is 87.2 Å². The molecule has 27 heavy (non-hydrogen) atoms. The molecule has 1 fully saturated rings. The number of rotatable bonds is 5. The van der Waals surface area contributed by atoms with Crippen LogP contribution in [0.25, 0.3) is 0 Å². The number of likely N-dealkylation sites (tertiary alicyclic amines) is 1. The summed E-state index contributed by atoms with van der Waals surface area (Å²) in [6.07, 6.45) is 10.5. The van der Waals surface area contributed by atoms with Crippen LogP contribution in [0.4, 0.5) is 11.6 Å². The molecule has 7 nitrogen and oxygen atoms in total. The Kier molecular flexibility index (Phi) is 5.47. The maximum atomic E-state index is 12.7. The summed E-state index contributed by atoms with van der Waals surface area (Å²) in [5.74, 6) is 2.62. The van der Waals surface area contributed by atoms with E-state index >= 15 is 0 Å². The number of anilines is 2. The lowest BCUT2D eigenvalue weighted by atomic mass is 10.2. The Morgan fingerprint density at radius 2 is 1.96 bits per heavy atom. The highest BCUT2D eigenvalue weighted by Gasteiger charge is 2.27. The molecule has 0 aliphatic carbocycles. The second-order valence-corrected chi connectivity index (χ2v) is 6.09. The number of nitrogens with one attached hydrogen (secondary N) is 2. The fourth-order valence-corrected chi connectivity index (χ4v) is 2.79. The van der Waals surface area contributed by atoms with Gasteiger partial charge in [-0.25, -0.2) is 9.97 Å². The van der Waals surface area contributed by atoms with Gasteiger partial charge in [0.15, 0.2) is 0 Å². The third kappa shape index (κ3) is 4.50. The zero-order valence-corrected chi connectivity index (χ0v) is 14.7. The van der Waals surface area contributed by atoms with Gasteiger partial charge in [0.1, 0.15) is 0 Å². The zero-order valence-electron chi connectivity index (χ0n) is 14.7. The molecule has 1 saturated heterocycles. The van der Waals surface area contributed by atoms with Crippen molar-refractivity contribution in [2.24, 2.45) is 0 Å².